The number of aliphatic hydroxyl groups is 1. The van der Waals surface area contributed by atoms with Crippen LogP contribution in [0.25, 0.3) is 0 Å². The van der Waals surface area contributed by atoms with Gasteiger partial charge in [0.15, 0.2) is 5.78 Å². The van der Waals surface area contributed by atoms with Gasteiger partial charge >= 0.3 is 6.18 Å². The lowest BCUT2D eigenvalue weighted by molar-refractivity contribution is -0.166. The summed E-state index contributed by atoms with van der Waals surface area (Å²) in [6.45, 7) is 0.343. The van der Waals surface area contributed by atoms with Gasteiger partial charge in [-0.15, -0.1) is 0 Å². The summed E-state index contributed by atoms with van der Waals surface area (Å²) in [7, 11) is 1.47. The minimum atomic E-state index is -4.37. The van der Waals surface area contributed by atoms with Crippen molar-refractivity contribution >= 4 is 5.78 Å². The first-order chi connectivity index (χ1) is 11.3. The van der Waals surface area contributed by atoms with Gasteiger partial charge in [-0.25, -0.2) is 0 Å². The van der Waals surface area contributed by atoms with E-state index in [0.717, 1.165) is 17.7 Å². The number of ketones is 1. The summed E-state index contributed by atoms with van der Waals surface area (Å²) in [4.78, 5) is 14.6. The minimum absolute atomic E-state index is 0.0266. The molecule has 1 N–H and O–H groups in total. The van der Waals surface area contributed by atoms with Crippen LogP contribution in [0.5, 0.6) is 0 Å². The maximum Gasteiger partial charge on any atom is 0.416 e. The molecule has 2 bridgehead atoms. The predicted molar refractivity (Wildman–Crippen MR) is 80.3 cm³/mol. The molecule has 3 aliphatic rings. The molecule has 3 unspecified atom stereocenters. The number of alkyl halides is 3. The van der Waals surface area contributed by atoms with Gasteiger partial charge < -0.3 is 9.84 Å². The number of ether oxygens (including phenoxy) is 1. The Labute approximate surface area is 138 Å². The predicted octanol–water partition coefficient (Wildman–Crippen LogP) is 2.42. The average Bonchev–Trinajstić information content (AvgIpc) is 2.57. The Morgan fingerprint density at radius 1 is 1.33 bits per heavy atom. The molecule has 1 aromatic rings. The fourth-order valence-corrected chi connectivity index (χ4v) is 4.05. The summed E-state index contributed by atoms with van der Waals surface area (Å²) in [6, 6.07) is 4.88. The van der Waals surface area contributed by atoms with Gasteiger partial charge in [0, 0.05) is 25.6 Å². The molecule has 24 heavy (non-hydrogen) atoms. The summed E-state index contributed by atoms with van der Waals surface area (Å²) in [6.07, 6.45) is -3.09. The highest BCUT2D eigenvalue weighted by atomic mass is 19.4. The van der Waals surface area contributed by atoms with Gasteiger partial charge in [0.25, 0.3) is 0 Å². The third-order valence-corrected chi connectivity index (χ3v) is 5.25. The van der Waals surface area contributed by atoms with Crippen LogP contribution in [0, 0.1) is 5.92 Å². The molecular formula is C17H20F3NO3. The maximum absolute atomic E-state index is 12.7. The van der Waals surface area contributed by atoms with E-state index in [2.05, 4.69) is 0 Å². The summed E-state index contributed by atoms with van der Waals surface area (Å²) >= 11 is 0. The van der Waals surface area contributed by atoms with Gasteiger partial charge in [-0.2, -0.15) is 13.2 Å². The summed E-state index contributed by atoms with van der Waals surface area (Å²) in [5.41, 5.74) is -1.05. The zero-order valence-corrected chi connectivity index (χ0v) is 13.3. The van der Waals surface area contributed by atoms with Crippen molar-refractivity contribution < 1.29 is 27.8 Å². The van der Waals surface area contributed by atoms with Crippen molar-refractivity contribution in [1.82, 2.24) is 4.90 Å². The number of Topliss-reactive ketones (excluding diaryl/α,β-unsaturated/α-hetero) is 1. The van der Waals surface area contributed by atoms with Crippen LogP contribution in [0.3, 0.4) is 0 Å². The number of carbonyl (C=O) groups is 1. The molecule has 0 radical (unpaired) electrons. The van der Waals surface area contributed by atoms with Crippen molar-refractivity contribution in [1.29, 1.82) is 0 Å². The maximum atomic E-state index is 12.7. The van der Waals surface area contributed by atoms with E-state index in [0.29, 0.717) is 19.4 Å². The molecule has 0 spiro atoms. The van der Waals surface area contributed by atoms with E-state index < -0.39 is 17.3 Å². The second kappa shape index (κ2) is 6.13. The van der Waals surface area contributed by atoms with Crippen molar-refractivity contribution in [2.75, 3.05) is 26.9 Å². The minimum Gasteiger partial charge on any atom is -0.394 e. The summed E-state index contributed by atoms with van der Waals surface area (Å²) in [5, 5.41) is 9.89. The Kier molecular flexibility index (Phi) is 4.44. The molecule has 132 valence electrons. The lowest BCUT2D eigenvalue weighted by Gasteiger charge is -2.55. The van der Waals surface area contributed by atoms with Gasteiger partial charge in [-0.1, -0.05) is 12.1 Å². The van der Waals surface area contributed by atoms with Gasteiger partial charge in [-0.3, -0.25) is 9.69 Å². The fourth-order valence-electron chi connectivity index (χ4n) is 4.05. The van der Waals surface area contributed by atoms with Gasteiger partial charge in [0.2, 0.25) is 0 Å². The van der Waals surface area contributed by atoms with Crippen LogP contribution < -0.4 is 0 Å². The van der Waals surface area contributed by atoms with Crippen LogP contribution in [0.2, 0.25) is 0 Å². The molecule has 4 nitrogen and oxygen atoms in total. The first-order valence-corrected chi connectivity index (χ1v) is 7.91. The van der Waals surface area contributed by atoms with Crippen LogP contribution in [0.1, 0.15) is 30.0 Å². The largest absolute Gasteiger partial charge is 0.416 e. The van der Waals surface area contributed by atoms with E-state index in [9.17, 15) is 23.1 Å². The first-order valence-electron chi connectivity index (χ1n) is 7.91. The number of benzene rings is 1. The van der Waals surface area contributed by atoms with Crippen LogP contribution in [0.15, 0.2) is 24.3 Å². The number of rotatable bonds is 4. The Morgan fingerprint density at radius 3 is 2.54 bits per heavy atom. The van der Waals surface area contributed by atoms with Crippen molar-refractivity contribution in [2.24, 2.45) is 5.92 Å². The monoisotopic (exact) mass is 343 g/mol. The number of methoxy groups -OCH3 is 1. The lowest BCUT2D eigenvalue weighted by Crippen LogP contribution is -2.69. The van der Waals surface area contributed by atoms with Crippen LogP contribution >= 0.6 is 0 Å². The van der Waals surface area contributed by atoms with Gasteiger partial charge in [0.05, 0.1) is 18.8 Å². The van der Waals surface area contributed by atoms with Crippen molar-refractivity contribution in [3.63, 3.8) is 0 Å². The highest BCUT2D eigenvalue weighted by molar-refractivity contribution is 5.92. The highest BCUT2D eigenvalue weighted by Gasteiger charge is 2.56. The van der Waals surface area contributed by atoms with Crippen LogP contribution in [-0.2, 0) is 15.7 Å². The molecule has 3 fully saturated rings. The second-order valence-corrected chi connectivity index (χ2v) is 6.54. The third kappa shape index (κ3) is 2.64. The lowest BCUT2D eigenvalue weighted by atomic mass is 9.69. The smallest absolute Gasteiger partial charge is 0.394 e. The van der Waals surface area contributed by atoms with E-state index in [1.165, 1.54) is 19.2 Å². The molecule has 3 heterocycles. The Hall–Kier alpha value is -1.44. The van der Waals surface area contributed by atoms with Crippen molar-refractivity contribution in [2.45, 2.75) is 30.6 Å². The molecule has 0 aliphatic carbocycles. The standard InChI is InChI=1S/C17H20F3NO3/c1-24-10-16(9-22)15(23)12-6-7-21(16)14(8-12)11-2-4-13(5-3-11)17(18,19)20/h2-5,12,14,22H,6-10H2,1H3/t12?,14-,16?/m0/s1. The molecule has 0 saturated carbocycles. The number of hydrogen-bond donors (Lipinski definition) is 1. The Bertz CT molecular complexity index is 617. The summed E-state index contributed by atoms with van der Waals surface area (Å²) in [5.74, 6) is -0.217. The number of hydrogen-bond acceptors (Lipinski definition) is 4. The van der Waals surface area contributed by atoms with E-state index >= 15 is 0 Å². The Morgan fingerprint density at radius 2 is 2.00 bits per heavy atom. The molecule has 7 heteroatoms. The van der Waals surface area contributed by atoms with E-state index in [-0.39, 0.29) is 31.0 Å². The number of carbonyl (C=O) groups excluding carboxylic acids is 1. The molecule has 3 aliphatic heterocycles. The zero-order chi connectivity index (χ0) is 17.5. The first kappa shape index (κ1) is 17.4. The fraction of sp³-hybridized carbons (Fsp3) is 0.588. The number of halogens is 3. The van der Waals surface area contributed by atoms with E-state index in [1.807, 2.05) is 4.90 Å². The topological polar surface area (TPSA) is 49.8 Å². The molecule has 0 amide bonds. The van der Waals surface area contributed by atoms with Gasteiger partial charge in [-0.05, 0) is 30.5 Å². The number of aliphatic hydroxyl groups excluding tert-OH is 1. The van der Waals surface area contributed by atoms with E-state index in [1.54, 1.807) is 0 Å². The van der Waals surface area contributed by atoms with Crippen molar-refractivity contribution in [3.8, 4) is 0 Å². The molecule has 0 aromatic heterocycles. The normalized spacial score (nSPS) is 33.0. The average molecular weight is 343 g/mol. The number of piperidine rings is 3. The van der Waals surface area contributed by atoms with Crippen LogP contribution in [0.4, 0.5) is 13.2 Å². The molecule has 4 atom stereocenters. The second-order valence-electron chi connectivity index (χ2n) is 6.54. The molecule has 4 rings (SSSR count). The Balaban J connectivity index is 1.93. The molecule has 3 saturated heterocycles. The number of nitrogens with zero attached hydrogens (tertiary/aromatic N) is 1. The zero-order valence-electron chi connectivity index (χ0n) is 13.3. The van der Waals surface area contributed by atoms with Gasteiger partial charge in [0.1, 0.15) is 5.54 Å². The third-order valence-electron chi connectivity index (χ3n) is 5.25. The highest BCUT2D eigenvalue weighted by Crippen LogP contribution is 2.47. The van der Waals surface area contributed by atoms with Crippen LogP contribution in [-0.4, -0.2) is 48.2 Å². The SMILES string of the molecule is COCC1(CO)C(=O)C2CCN1[C@H](c1ccc(C(F)(F)F)cc1)C2. The number of fused-ring (bicyclic) bond motifs is 3. The quantitative estimate of drug-likeness (QED) is 0.912. The van der Waals surface area contributed by atoms with Crippen molar-refractivity contribution in [3.05, 3.63) is 35.4 Å². The molecule has 1 aromatic carbocycles. The van der Waals surface area contributed by atoms with E-state index in [4.69, 9.17) is 4.74 Å². The summed E-state index contributed by atoms with van der Waals surface area (Å²) < 4.78 is 43.4. The molecular weight excluding hydrogens is 323 g/mol.